The Morgan fingerprint density at radius 1 is 1.17 bits per heavy atom. The van der Waals surface area contributed by atoms with Crippen LogP contribution in [-0.2, 0) is 19.3 Å². The summed E-state index contributed by atoms with van der Waals surface area (Å²) in [4.78, 5) is 3.05. The number of benzene rings is 1. The van der Waals surface area contributed by atoms with Gasteiger partial charge in [0.15, 0.2) is 0 Å². The molecule has 0 N–H and O–H groups in total. The third-order valence-electron chi connectivity index (χ3n) is 3.42. The Bertz CT molecular complexity index is 550. The monoisotopic (exact) mass is 340 g/mol. The first-order chi connectivity index (χ1) is 8.72. The van der Waals surface area contributed by atoms with Gasteiger partial charge in [-0.05, 0) is 61.1 Å². The van der Waals surface area contributed by atoms with Crippen molar-refractivity contribution in [2.45, 2.75) is 32.1 Å². The predicted molar refractivity (Wildman–Crippen MR) is 82.9 cm³/mol. The minimum absolute atomic E-state index is 0.865. The van der Waals surface area contributed by atoms with Gasteiger partial charge in [0, 0.05) is 25.7 Å². The average molecular weight is 342 g/mol. The highest BCUT2D eigenvalue weighted by atomic mass is 79.9. The third-order valence-corrected chi connectivity index (χ3v) is 5.52. The second-order valence-corrected chi connectivity index (χ2v) is 7.32. The minimum atomic E-state index is 0.865. The van der Waals surface area contributed by atoms with Crippen molar-refractivity contribution in [1.82, 2.24) is 0 Å². The Kier molecular flexibility index (Phi) is 3.78. The van der Waals surface area contributed by atoms with Crippen LogP contribution in [0.4, 0.5) is 0 Å². The van der Waals surface area contributed by atoms with Crippen molar-refractivity contribution in [3.63, 3.8) is 0 Å². The maximum Gasteiger partial charge on any atom is 0.0442 e. The lowest BCUT2D eigenvalue weighted by molar-refractivity contribution is 0.697. The number of halogens is 2. The van der Waals surface area contributed by atoms with Gasteiger partial charge in [-0.3, -0.25) is 0 Å². The van der Waals surface area contributed by atoms with Gasteiger partial charge in [-0.15, -0.1) is 11.3 Å². The molecule has 3 heteroatoms. The number of rotatable bonds is 2. The molecular formula is C15H14BrClS. The highest BCUT2D eigenvalue weighted by Crippen LogP contribution is 2.32. The van der Waals surface area contributed by atoms with Gasteiger partial charge in [-0.25, -0.2) is 0 Å². The summed E-state index contributed by atoms with van der Waals surface area (Å²) in [5.41, 5.74) is 2.79. The van der Waals surface area contributed by atoms with E-state index in [0.29, 0.717) is 0 Å². The summed E-state index contributed by atoms with van der Waals surface area (Å²) >= 11 is 11.7. The molecule has 1 aliphatic rings. The molecule has 0 nitrogen and oxygen atoms in total. The summed E-state index contributed by atoms with van der Waals surface area (Å²) in [6.07, 6.45) is 6.19. The molecule has 0 saturated heterocycles. The minimum Gasteiger partial charge on any atom is -0.145 e. The topological polar surface area (TPSA) is 0 Å². The molecule has 0 unspecified atom stereocenters. The highest BCUT2D eigenvalue weighted by molar-refractivity contribution is 9.10. The second kappa shape index (κ2) is 5.36. The van der Waals surface area contributed by atoms with E-state index in [1.807, 2.05) is 23.5 Å². The Morgan fingerprint density at radius 2 is 2.00 bits per heavy atom. The first-order valence-electron chi connectivity index (χ1n) is 6.27. The number of aryl methyl sites for hydroxylation is 2. The Balaban J connectivity index is 1.87. The molecule has 18 heavy (non-hydrogen) atoms. The molecule has 0 bridgehead atoms. The van der Waals surface area contributed by atoms with Gasteiger partial charge in [0.1, 0.15) is 0 Å². The molecule has 0 saturated carbocycles. The van der Waals surface area contributed by atoms with E-state index in [2.05, 4.69) is 28.1 Å². The summed E-state index contributed by atoms with van der Waals surface area (Å²) in [7, 11) is 0. The lowest BCUT2D eigenvalue weighted by Gasteiger charge is -2.08. The van der Waals surface area contributed by atoms with Crippen LogP contribution >= 0.6 is 38.9 Å². The molecule has 0 radical (unpaired) electrons. The van der Waals surface area contributed by atoms with Gasteiger partial charge >= 0.3 is 0 Å². The number of thiophene rings is 1. The van der Waals surface area contributed by atoms with Crippen LogP contribution in [0.5, 0.6) is 0 Å². The van der Waals surface area contributed by atoms with Crippen LogP contribution in [0.25, 0.3) is 0 Å². The third kappa shape index (κ3) is 2.66. The quantitative estimate of drug-likeness (QED) is 0.663. The van der Waals surface area contributed by atoms with Gasteiger partial charge in [0.05, 0.1) is 0 Å². The van der Waals surface area contributed by atoms with E-state index in [4.69, 9.17) is 11.6 Å². The molecule has 2 aromatic rings. The van der Waals surface area contributed by atoms with Crippen LogP contribution in [-0.4, -0.2) is 0 Å². The Hall–Kier alpha value is -0.310. The van der Waals surface area contributed by atoms with Crippen LogP contribution in [0.15, 0.2) is 28.7 Å². The van der Waals surface area contributed by atoms with Crippen molar-refractivity contribution < 1.29 is 0 Å². The van der Waals surface area contributed by atoms with Crippen LogP contribution < -0.4 is 0 Å². The van der Waals surface area contributed by atoms with Crippen LogP contribution in [0.3, 0.4) is 0 Å². The molecule has 94 valence electrons. The van der Waals surface area contributed by atoms with Gasteiger partial charge < -0.3 is 0 Å². The number of fused-ring (bicyclic) bond motifs is 1. The largest absolute Gasteiger partial charge is 0.145 e. The van der Waals surface area contributed by atoms with Gasteiger partial charge in [-0.2, -0.15) is 0 Å². The van der Waals surface area contributed by atoms with Crippen LogP contribution in [0.2, 0.25) is 5.02 Å². The Morgan fingerprint density at radius 3 is 2.83 bits per heavy atom. The van der Waals surface area contributed by atoms with Crippen molar-refractivity contribution in [1.29, 1.82) is 0 Å². The average Bonchev–Trinajstić information content (AvgIpc) is 2.76. The fraction of sp³-hybridized carbons (Fsp3) is 0.333. The molecule has 0 aliphatic heterocycles. The molecule has 0 fully saturated rings. The van der Waals surface area contributed by atoms with Crippen molar-refractivity contribution in [3.05, 3.63) is 54.6 Å². The lowest BCUT2D eigenvalue weighted by Crippen LogP contribution is -1.96. The molecule has 3 rings (SSSR count). The molecule has 0 atom stereocenters. The first-order valence-corrected chi connectivity index (χ1v) is 8.25. The highest BCUT2D eigenvalue weighted by Gasteiger charge is 2.14. The molecule has 1 aromatic heterocycles. The zero-order chi connectivity index (χ0) is 12.5. The molecule has 1 aliphatic carbocycles. The normalized spacial score (nSPS) is 14.6. The van der Waals surface area contributed by atoms with Crippen molar-refractivity contribution in [2.75, 3.05) is 0 Å². The molecule has 0 amide bonds. The first kappa shape index (κ1) is 12.7. The summed E-state index contributed by atoms with van der Waals surface area (Å²) < 4.78 is 1.10. The maximum absolute atomic E-state index is 6.26. The zero-order valence-electron chi connectivity index (χ0n) is 10.0. The summed E-state index contributed by atoms with van der Waals surface area (Å²) in [5.74, 6) is 0. The van der Waals surface area contributed by atoms with Crippen LogP contribution in [0, 0.1) is 0 Å². The summed E-state index contributed by atoms with van der Waals surface area (Å²) in [5, 5.41) is 0.865. The predicted octanol–water partition coefficient (Wildman–Crippen LogP) is 5.63. The van der Waals surface area contributed by atoms with E-state index in [9.17, 15) is 0 Å². The maximum atomic E-state index is 6.26. The van der Waals surface area contributed by atoms with E-state index >= 15 is 0 Å². The Labute approximate surface area is 125 Å². The van der Waals surface area contributed by atoms with E-state index in [0.717, 1.165) is 15.9 Å². The van der Waals surface area contributed by atoms with Gasteiger partial charge in [-0.1, -0.05) is 27.5 Å². The smallest absolute Gasteiger partial charge is 0.0442 e. The van der Waals surface area contributed by atoms with Crippen molar-refractivity contribution in [3.8, 4) is 0 Å². The molecular weight excluding hydrogens is 328 g/mol. The van der Waals surface area contributed by atoms with Gasteiger partial charge in [0.2, 0.25) is 0 Å². The number of hydrogen-bond acceptors (Lipinski definition) is 1. The molecule has 1 heterocycles. The van der Waals surface area contributed by atoms with E-state index in [-0.39, 0.29) is 0 Å². The zero-order valence-corrected chi connectivity index (χ0v) is 13.2. The van der Waals surface area contributed by atoms with Crippen molar-refractivity contribution in [2.24, 2.45) is 0 Å². The summed E-state index contributed by atoms with van der Waals surface area (Å²) in [6, 6.07) is 8.47. The lowest BCUT2D eigenvalue weighted by atomic mass is 9.99. The van der Waals surface area contributed by atoms with Crippen molar-refractivity contribution >= 4 is 38.9 Å². The SMILES string of the molecule is Clc1ccc(Br)cc1Cc1cc2c(s1)CCCC2. The van der Waals surface area contributed by atoms with E-state index < -0.39 is 0 Å². The molecule has 1 aromatic carbocycles. The number of hydrogen-bond donors (Lipinski definition) is 0. The standard InChI is InChI=1S/C15H14BrClS/c16-12-5-6-14(17)11(7-12)9-13-8-10-3-1-2-4-15(10)18-13/h5-8H,1-4,9H2. The fourth-order valence-electron chi connectivity index (χ4n) is 2.51. The van der Waals surface area contributed by atoms with Crippen LogP contribution in [0.1, 0.15) is 33.7 Å². The van der Waals surface area contributed by atoms with Gasteiger partial charge in [0.25, 0.3) is 0 Å². The van der Waals surface area contributed by atoms with E-state index in [1.165, 1.54) is 36.1 Å². The fourth-order valence-corrected chi connectivity index (χ4v) is 4.38. The van der Waals surface area contributed by atoms with E-state index in [1.54, 1.807) is 10.4 Å². The second-order valence-electron chi connectivity index (χ2n) is 4.78. The molecule has 0 spiro atoms. The summed E-state index contributed by atoms with van der Waals surface area (Å²) in [6.45, 7) is 0.